The van der Waals surface area contributed by atoms with Crippen molar-refractivity contribution in [2.45, 2.75) is 0 Å². The van der Waals surface area contributed by atoms with Gasteiger partial charge in [-0.15, -0.1) is 0 Å². The second-order valence-electron chi connectivity index (χ2n) is 5.03. The van der Waals surface area contributed by atoms with Crippen LogP contribution >= 0.6 is 0 Å². The van der Waals surface area contributed by atoms with E-state index in [1.807, 2.05) is 0 Å². The third-order valence-electron chi connectivity index (χ3n) is 3.24. The summed E-state index contributed by atoms with van der Waals surface area (Å²) < 4.78 is 5.00. The molecule has 9 heteroatoms. The Balaban J connectivity index is 1.76. The van der Waals surface area contributed by atoms with Crippen LogP contribution in [0.25, 0.3) is 0 Å². The molecule has 0 unspecified atom stereocenters. The zero-order chi connectivity index (χ0) is 18.5. The normalized spacial score (nSPS) is 10.2. The average molecular weight is 352 g/mol. The summed E-state index contributed by atoms with van der Waals surface area (Å²) in [5, 5.41) is 14.2. The van der Waals surface area contributed by atoms with Gasteiger partial charge in [0.05, 0.1) is 6.26 Å². The topological polar surface area (TPSA) is 134 Å². The van der Waals surface area contributed by atoms with Crippen molar-refractivity contribution in [3.8, 4) is 0 Å². The fourth-order valence-electron chi connectivity index (χ4n) is 2.13. The number of furan rings is 1. The summed E-state index contributed by atoms with van der Waals surface area (Å²) in [6.07, 6.45) is 3.79. The van der Waals surface area contributed by atoms with E-state index in [-0.39, 0.29) is 11.5 Å². The zero-order valence-electron chi connectivity index (χ0n) is 13.2. The molecule has 0 aliphatic carbocycles. The van der Waals surface area contributed by atoms with Gasteiger partial charge in [-0.05, 0) is 30.3 Å². The minimum Gasteiger partial charge on any atom is -0.476 e. The molecule has 3 aromatic rings. The fourth-order valence-corrected chi connectivity index (χ4v) is 2.13. The third-order valence-corrected chi connectivity index (χ3v) is 3.24. The first-order chi connectivity index (χ1) is 12.5. The first kappa shape index (κ1) is 16.8. The standard InChI is InChI=1S/C17H12N4O5/c22-15(12-5-2-8-26-12)20-10-3-1-4-11(9-10)21-16(23)13-14(17(24)25)19-7-6-18-13/h1-9H,(H,20,22)(H,21,23)(H,24,25). The van der Waals surface area contributed by atoms with Gasteiger partial charge in [-0.1, -0.05) is 6.07 Å². The third kappa shape index (κ3) is 3.73. The van der Waals surface area contributed by atoms with Crippen LogP contribution in [0.5, 0.6) is 0 Å². The number of nitrogens with zero attached hydrogens (tertiary/aromatic N) is 2. The smallest absolute Gasteiger partial charge is 0.356 e. The minimum atomic E-state index is -1.36. The van der Waals surface area contributed by atoms with E-state index in [0.29, 0.717) is 11.4 Å². The molecule has 3 N–H and O–H groups in total. The van der Waals surface area contributed by atoms with E-state index in [1.165, 1.54) is 30.8 Å². The van der Waals surface area contributed by atoms with E-state index in [2.05, 4.69) is 20.6 Å². The lowest BCUT2D eigenvalue weighted by molar-refractivity contribution is 0.0684. The maximum absolute atomic E-state index is 12.3. The molecular formula is C17H12N4O5. The van der Waals surface area contributed by atoms with Gasteiger partial charge in [-0.3, -0.25) is 9.59 Å². The molecule has 0 spiro atoms. The molecule has 0 bridgehead atoms. The van der Waals surface area contributed by atoms with Crippen LogP contribution in [0, 0.1) is 0 Å². The van der Waals surface area contributed by atoms with E-state index in [0.717, 1.165) is 0 Å². The first-order valence-corrected chi connectivity index (χ1v) is 7.35. The minimum absolute atomic E-state index is 0.144. The van der Waals surface area contributed by atoms with Crippen LogP contribution in [0.3, 0.4) is 0 Å². The number of carbonyl (C=O) groups is 3. The molecule has 2 amide bonds. The summed E-state index contributed by atoms with van der Waals surface area (Å²) in [6, 6.07) is 9.44. The predicted octanol–water partition coefficient (Wildman–Crippen LogP) is 2.27. The lowest BCUT2D eigenvalue weighted by atomic mass is 10.2. The number of carboxylic acid groups (broad SMARTS) is 1. The Morgan fingerprint density at radius 1 is 0.885 bits per heavy atom. The number of benzene rings is 1. The van der Waals surface area contributed by atoms with Crippen LogP contribution in [0.2, 0.25) is 0 Å². The lowest BCUT2D eigenvalue weighted by Crippen LogP contribution is -2.19. The van der Waals surface area contributed by atoms with Gasteiger partial charge in [0.2, 0.25) is 0 Å². The van der Waals surface area contributed by atoms with Crippen molar-refractivity contribution in [2.75, 3.05) is 10.6 Å². The lowest BCUT2D eigenvalue weighted by Gasteiger charge is -2.08. The van der Waals surface area contributed by atoms with Crippen LogP contribution in [-0.2, 0) is 0 Å². The highest BCUT2D eigenvalue weighted by molar-refractivity contribution is 6.09. The van der Waals surface area contributed by atoms with Crippen LogP contribution in [0.15, 0.2) is 59.5 Å². The Morgan fingerprint density at radius 2 is 1.54 bits per heavy atom. The Kier molecular flexibility index (Phi) is 4.70. The number of aromatic nitrogens is 2. The second kappa shape index (κ2) is 7.26. The molecule has 0 aliphatic rings. The molecule has 0 aliphatic heterocycles. The van der Waals surface area contributed by atoms with E-state index in [9.17, 15) is 14.4 Å². The van der Waals surface area contributed by atoms with Crippen LogP contribution < -0.4 is 10.6 Å². The van der Waals surface area contributed by atoms with Crippen molar-refractivity contribution in [1.82, 2.24) is 9.97 Å². The predicted molar refractivity (Wildman–Crippen MR) is 90.0 cm³/mol. The number of carboxylic acids is 1. The number of hydrogen-bond donors (Lipinski definition) is 3. The summed E-state index contributed by atoms with van der Waals surface area (Å²) in [6.45, 7) is 0. The van der Waals surface area contributed by atoms with Gasteiger partial charge >= 0.3 is 5.97 Å². The molecule has 0 fully saturated rings. The summed E-state index contributed by atoms with van der Waals surface area (Å²) >= 11 is 0. The van der Waals surface area contributed by atoms with E-state index >= 15 is 0 Å². The number of amides is 2. The van der Waals surface area contributed by atoms with Crippen molar-refractivity contribution < 1.29 is 23.9 Å². The Morgan fingerprint density at radius 3 is 2.15 bits per heavy atom. The molecular weight excluding hydrogens is 340 g/mol. The molecule has 1 aromatic carbocycles. The Bertz CT molecular complexity index is 969. The maximum atomic E-state index is 12.3. The number of aromatic carboxylic acids is 1. The summed E-state index contributed by atoms with van der Waals surface area (Å²) in [4.78, 5) is 42.8. The molecule has 26 heavy (non-hydrogen) atoms. The monoisotopic (exact) mass is 352 g/mol. The van der Waals surface area contributed by atoms with Crippen molar-refractivity contribution >= 4 is 29.2 Å². The van der Waals surface area contributed by atoms with Crippen molar-refractivity contribution in [3.05, 3.63) is 72.2 Å². The van der Waals surface area contributed by atoms with E-state index < -0.39 is 23.5 Å². The van der Waals surface area contributed by atoms with E-state index in [1.54, 1.807) is 24.3 Å². The van der Waals surface area contributed by atoms with Gasteiger partial charge in [0.1, 0.15) is 0 Å². The fraction of sp³-hybridized carbons (Fsp3) is 0. The molecule has 2 heterocycles. The molecule has 0 radical (unpaired) electrons. The van der Waals surface area contributed by atoms with Crippen molar-refractivity contribution in [1.29, 1.82) is 0 Å². The number of rotatable bonds is 5. The molecule has 9 nitrogen and oxygen atoms in total. The van der Waals surface area contributed by atoms with Gasteiger partial charge in [0, 0.05) is 23.8 Å². The van der Waals surface area contributed by atoms with Crippen LogP contribution in [-0.4, -0.2) is 32.9 Å². The number of nitrogens with one attached hydrogen (secondary N) is 2. The summed E-state index contributed by atoms with van der Waals surface area (Å²) in [5.74, 6) is -2.39. The van der Waals surface area contributed by atoms with Gasteiger partial charge in [0.25, 0.3) is 11.8 Å². The molecule has 0 saturated heterocycles. The average Bonchev–Trinajstić information content (AvgIpc) is 3.17. The van der Waals surface area contributed by atoms with Gasteiger partial charge in [0.15, 0.2) is 17.1 Å². The largest absolute Gasteiger partial charge is 0.476 e. The zero-order valence-corrected chi connectivity index (χ0v) is 13.2. The molecule has 3 rings (SSSR count). The van der Waals surface area contributed by atoms with Gasteiger partial charge < -0.3 is 20.2 Å². The van der Waals surface area contributed by atoms with E-state index in [4.69, 9.17) is 9.52 Å². The van der Waals surface area contributed by atoms with Crippen molar-refractivity contribution in [2.24, 2.45) is 0 Å². The Hall–Kier alpha value is -4.01. The van der Waals surface area contributed by atoms with Crippen LogP contribution in [0.1, 0.15) is 31.5 Å². The highest BCUT2D eigenvalue weighted by Gasteiger charge is 2.19. The van der Waals surface area contributed by atoms with Gasteiger partial charge in [-0.2, -0.15) is 0 Å². The molecule has 0 atom stereocenters. The highest BCUT2D eigenvalue weighted by Crippen LogP contribution is 2.17. The summed E-state index contributed by atoms with van der Waals surface area (Å²) in [7, 11) is 0. The second-order valence-corrected chi connectivity index (χ2v) is 5.03. The Labute approximate surface area is 146 Å². The molecule has 130 valence electrons. The quantitative estimate of drug-likeness (QED) is 0.641. The van der Waals surface area contributed by atoms with Crippen LogP contribution in [0.4, 0.5) is 11.4 Å². The SMILES string of the molecule is O=C(Nc1cccc(NC(=O)c2nccnc2C(=O)O)c1)c1ccco1. The molecule has 0 saturated carbocycles. The number of hydrogen-bond acceptors (Lipinski definition) is 6. The van der Waals surface area contributed by atoms with Gasteiger partial charge in [-0.25, -0.2) is 14.8 Å². The van der Waals surface area contributed by atoms with Crippen molar-refractivity contribution in [3.63, 3.8) is 0 Å². The summed E-state index contributed by atoms with van der Waals surface area (Å²) in [5.41, 5.74) is -0.00617. The highest BCUT2D eigenvalue weighted by atomic mass is 16.4. The first-order valence-electron chi connectivity index (χ1n) is 7.35. The number of carbonyl (C=O) groups excluding carboxylic acids is 2. The number of anilines is 2. The molecule has 2 aromatic heterocycles. The maximum Gasteiger partial charge on any atom is 0.356 e.